The summed E-state index contributed by atoms with van der Waals surface area (Å²) in [6.45, 7) is 2.15. The monoisotopic (exact) mass is 200 g/mol. The molecule has 0 radical (unpaired) electrons. The predicted molar refractivity (Wildman–Crippen MR) is 62.8 cm³/mol. The Kier molecular flexibility index (Phi) is 1.58. The number of nitrogens with zero attached hydrogens (tertiary/aromatic N) is 1. The van der Waals surface area contributed by atoms with Crippen molar-refractivity contribution >= 4 is 10.9 Å². The quantitative estimate of drug-likeness (QED) is 0.753. The zero-order chi connectivity index (χ0) is 10.6. The number of benzene rings is 1. The summed E-state index contributed by atoms with van der Waals surface area (Å²) in [6.07, 6.45) is 4.43. The van der Waals surface area contributed by atoms with Gasteiger partial charge < -0.3 is 10.3 Å². The molecule has 2 aromatic rings. The van der Waals surface area contributed by atoms with Crippen LogP contribution in [0.2, 0.25) is 0 Å². The Morgan fingerprint density at radius 3 is 2.73 bits per heavy atom. The number of nitrogens with two attached hydrogens (primary N) is 1. The van der Waals surface area contributed by atoms with E-state index in [1.165, 1.54) is 22.0 Å². The van der Waals surface area contributed by atoms with Gasteiger partial charge in [0.2, 0.25) is 0 Å². The second-order valence-electron chi connectivity index (χ2n) is 4.81. The molecule has 1 aliphatic rings. The van der Waals surface area contributed by atoms with Crippen molar-refractivity contribution in [3.8, 4) is 0 Å². The fraction of sp³-hybridized carbons (Fsp3) is 0.385. The Labute approximate surface area is 89.7 Å². The Morgan fingerprint density at radius 2 is 2.07 bits per heavy atom. The minimum absolute atomic E-state index is 0.0174. The molecule has 2 heteroatoms. The second-order valence-corrected chi connectivity index (χ2v) is 4.81. The molecule has 0 amide bonds. The summed E-state index contributed by atoms with van der Waals surface area (Å²) in [7, 11) is 2.09. The van der Waals surface area contributed by atoms with Crippen molar-refractivity contribution in [2.24, 2.45) is 12.8 Å². The van der Waals surface area contributed by atoms with Gasteiger partial charge in [-0.1, -0.05) is 6.07 Å². The van der Waals surface area contributed by atoms with E-state index < -0.39 is 0 Å². The molecule has 1 aromatic carbocycles. The third-order valence-electron chi connectivity index (χ3n) is 3.55. The molecule has 15 heavy (non-hydrogen) atoms. The van der Waals surface area contributed by atoms with Crippen molar-refractivity contribution in [3.63, 3.8) is 0 Å². The van der Waals surface area contributed by atoms with Gasteiger partial charge in [0.25, 0.3) is 0 Å². The zero-order valence-corrected chi connectivity index (χ0v) is 9.25. The third-order valence-corrected chi connectivity index (χ3v) is 3.55. The number of aryl methyl sites for hydroxylation is 2. The smallest absolute Gasteiger partial charge is 0.0480 e. The average Bonchev–Trinajstić information content (AvgIpc) is 2.90. The van der Waals surface area contributed by atoms with Crippen molar-refractivity contribution in [1.29, 1.82) is 0 Å². The van der Waals surface area contributed by atoms with E-state index in [0.29, 0.717) is 0 Å². The van der Waals surface area contributed by atoms with Crippen molar-refractivity contribution in [2.45, 2.75) is 25.3 Å². The van der Waals surface area contributed by atoms with Crippen LogP contribution in [0.25, 0.3) is 10.9 Å². The van der Waals surface area contributed by atoms with Gasteiger partial charge in [0, 0.05) is 29.7 Å². The van der Waals surface area contributed by atoms with Crippen molar-refractivity contribution in [2.75, 3.05) is 0 Å². The van der Waals surface area contributed by atoms with Crippen LogP contribution in [-0.2, 0) is 12.6 Å². The van der Waals surface area contributed by atoms with E-state index in [1.54, 1.807) is 0 Å². The lowest BCUT2D eigenvalue weighted by Gasteiger charge is -2.09. The molecular weight excluding hydrogens is 184 g/mol. The van der Waals surface area contributed by atoms with E-state index in [2.05, 4.69) is 42.9 Å². The first-order valence-electron chi connectivity index (χ1n) is 5.45. The minimum atomic E-state index is -0.0174. The van der Waals surface area contributed by atoms with Crippen LogP contribution in [0.15, 0.2) is 24.4 Å². The normalized spacial score (nSPS) is 18.3. The van der Waals surface area contributed by atoms with Crippen molar-refractivity contribution in [1.82, 2.24) is 4.57 Å². The van der Waals surface area contributed by atoms with Crippen LogP contribution < -0.4 is 5.73 Å². The van der Waals surface area contributed by atoms with E-state index in [9.17, 15) is 0 Å². The molecule has 2 nitrogen and oxygen atoms in total. The summed E-state index contributed by atoms with van der Waals surface area (Å²) in [5, 5.41) is 1.34. The first kappa shape index (κ1) is 8.98. The molecule has 2 N–H and O–H groups in total. The molecule has 0 unspecified atom stereocenters. The molecule has 1 fully saturated rings. The van der Waals surface area contributed by atoms with Gasteiger partial charge in [-0.05, 0) is 43.0 Å². The molecule has 1 aromatic heterocycles. The van der Waals surface area contributed by atoms with E-state index in [1.807, 2.05) is 0 Å². The summed E-state index contributed by atoms with van der Waals surface area (Å²) in [4.78, 5) is 0. The van der Waals surface area contributed by atoms with E-state index in [4.69, 9.17) is 5.73 Å². The average molecular weight is 200 g/mol. The number of hydrogen-bond acceptors (Lipinski definition) is 1. The fourth-order valence-corrected chi connectivity index (χ4v) is 2.32. The van der Waals surface area contributed by atoms with Gasteiger partial charge in [-0.25, -0.2) is 0 Å². The molecule has 1 heterocycles. The van der Waals surface area contributed by atoms with Crippen LogP contribution >= 0.6 is 0 Å². The Balaban J connectivity index is 2.25. The van der Waals surface area contributed by atoms with Crippen LogP contribution in [0.4, 0.5) is 0 Å². The standard InChI is InChI=1S/C13H16N2/c1-9-8-15(2)12-4-3-10(7-11(9)12)13(14)5-6-13/h3-4,7-8H,5-6,14H2,1-2H3. The molecule has 0 aliphatic heterocycles. The highest BCUT2D eigenvalue weighted by molar-refractivity contribution is 5.84. The van der Waals surface area contributed by atoms with E-state index in [-0.39, 0.29) is 5.54 Å². The van der Waals surface area contributed by atoms with Gasteiger partial charge in [-0.2, -0.15) is 0 Å². The molecular formula is C13H16N2. The predicted octanol–water partition coefficient (Wildman–Crippen LogP) is 2.43. The first-order chi connectivity index (χ1) is 7.10. The van der Waals surface area contributed by atoms with Crippen molar-refractivity contribution < 1.29 is 0 Å². The number of fused-ring (bicyclic) bond motifs is 1. The van der Waals surface area contributed by atoms with Crippen LogP contribution in [0, 0.1) is 6.92 Å². The first-order valence-corrected chi connectivity index (χ1v) is 5.45. The highest BCUT2D eigenvalue weighted by Gasteiger charge is 2.39. The van der Waals surface area contributed by atoms with Gasteiger partial charge >= 0.3 is 0 Å². The molecule has 0 saturated heterocycles. The summed E-state index contributed by atoms with van der Waals surface area (Å²) < 4.78 is 2.17. The van der Waals surface area contributed by atoms with E-state index in [0.717, 1.165) is 12.8 Å². The molecule has 0 spiro atoms. The zero-order valence-electron chi connectivity index (χ0n) is 9.25. The molecule has 1 aliphatic carbocycles. The van der Waals surface area contributed by atoms with Crippen LogP contribution in [0.3, 0.4) is 0 Å². The summed E-state index contributed by atoms with van der Waals surface area (Å²) in [5.74, 6) is 0. The maximum atomic E-state index is 6.21. The van der Waals surface area contributed by atoms with Gasteiger partial charge in [-0.15, -0.1) is 0 Å². The van der Waals surface area contributed by atoms with Crippen LogP contribution in [0.1, 0.15) is 24.0 Å². The van der Waals surface area contributed by atoms with E-state index >= 15 is 0 Å². The number of rotatable bonds is 1. The lowest BCUT2D eigenvalue weighted by Crippen LogP contribution is -2.18. The minimum Gasteiger partial charge on any atom is -0.350 e. The van der Waals surface area contributed by atoms with Gasteiger partial charge in [0.1, 0.15) is 0 Å². The Bertz CT molecular complexity index is 533. The third kappa shape index (κ3) is 1.21. The lowest BCUT2D eigenvalue weighted by atomic mass is 10.0. The maximum Gasteiger partial charge on any atom is 0.0480 e. The highest BCUT2D eigenvalue weighted by Crippen LogP contribution is 2.43. The Morgan fingerprint density at radius 1 is 1.33 bits per heavy atom. The SMILES string of the molecule is Cc1cn(C)c2ccc(C3(N)CC3)cc12. The molecule has 0 bridgehead atoms. The van der Waals surface area contributed by atoms with Crippen LogP contribution in [-0.4, -0.2) is 4.57 Å². The Hall–Kier alpha value is -1.28. The van der Waals surface area contributed by atoms with Gasteiger partial charge in [0.05, 0.1) is 0 Å². The highest BCUT2D eigenvalue weighted by atomic mass is 14.9. The van der Waals surface area contributed by atoms with Gasteiger partial charge in [0.15, 0.2) is 0 Å². The number of aromatic nitrogens is 1. The van der Waals surface area contributed by atoms with Crippen LogP contribution in [0.5, 0.6) is 0 Å². The molecule has 78 valence electrons. The molecule has 3 rings (SSSR count). The second kappa shape index (κ2) is 2.64. The van der Waals surface area contributed by atoms with Crippen molar-refractivity contribution in [3.05, 3.63) is 35.5 Å². The lowest BCUT2D eigenvalue weighted by molar-refractivity contribution is 0.741. The fourth-order valence-electron chi connectivity index (χ4n) is 2.32. The summed E-state index contributed by atoms with van der Waals surface area (Å²) in [5.41, 5.74) is 10.1. The van der Waals surface area contributed by atoms with Gasteiger partial charge in [-0.3, -0.25) is 0 Å². The maximum absolute atomic E-state index is 6.21. The molecule has 0 atom stereocenters. The summed E-state index contributed by atoms with van der Waals surface area (Å²) >= 11 is 0. The topological polar surface area (TPSA) is 30.9 Å². The largest absolute Gasteiger partial charge is 0.350 e. The molecule has 1 saturated carbocycles. The number of hydrogen-bond donors (Lipinski definition) is 1. The summed E-state index contributed by atoms with van der Waals surface area (Å²) in [6, 6.07) is 6.62.